The number of carbonyl (C=O) groups is 1. The number of Topliss-reactive ketones (excluding diaryl/α,β-unsaturated/α-hetero) is 1. The Balaban J connectivity index is 2.08. The fourth-order valence-electron chi connectivity index (χ4n) is 2.76. The van der Waals surface area contributed by atoms with Gasteiger partial charge < -0.3 is 9.30 Å². The molecule has 1 unspecified atom stereocenters. The largest absolute Gasteiger partial charge is 0.383 e. The van der Waals surface area contributed by atoms with Crippen LogP contribution in [0.1, 0.15) is 47.5 Å². The third-order valence-electron chi connectivity index (χ3n) is 3.81. The highest BCUT2D eigenvalue weighted by Crippen LogP contribution is 2.23. The molecule has 2 aromatic heterocycles. The van der Waals surface area contributed by atoms with Crippen molar-refractivity contribution in [2.45, 2.75) is 45.3 Å². The third-order valence-corrected chi connectivity index (χ3v) is 4.66. The number of thioether (sulfide) groups is 1. The van der Waals surface area contributed by atoms with E-state index in [9.17, 15) is 4.79 Å². The minimum absolute atomic E-state index is 0.0989. The first-order chi connectivity index (χ1) is 11.0. The maximum absolute atomic E-state index is 12.5. The van der Waals surface area contributed by atoms with Crippen molar-refractivity contribution in [3.63, 3.8) is 0 Å². The first-order valence-electron chi connectivity index (χ1n) is 7.72. The van der Waals surface area contributed by atoms with Crippen molar-refractivity contribution in [2.24, 2.45) is 0 Å². The summed E-state index contributed by atoms with van der Waals surface area (Å²) in [6.45, 7) is 8.73. The van der Waals surface area contributed by atoms with E-state index < -0.39 is 0 Å². The van der Waals surface area contributed by atoms with Crippen LogP contribution in [0.3, 0.4) is 0 Å². The summed E-state index contributed by atoms with van der Waals surface area (Å²) in [5.41, 5.74) is 2.83. The van der Waals surface area contributed by atoms with Gasteiger partial charge in [0.15, 0.2) is 5.78 Å². The van der Waals surface area contributed by atoms with Gasteiger partial charge in [0.25, 0.3) is 0 Å². The van der Waals surface area contributed by atoms with E-state index >= 15 is 0 Å². The average molecular weight is 336 g/mol. The van der Waals surface area contributed by atoms with Gasteiger partial charge in [-0.1, -0.05) is 18.7 Å². The molecule has 2 heterocycles. The van der Waals surface area contributed by atoms with E-state index in [2.05, 4.69) is 26.7 Å². The number of nitrogens with zero attached hydrogens (tertiary/aromatic N) is 3. The monoisotopic (exact) mass is 336 g/mol. The van der Waals surface area contributed by atoms with Crippen LogP contribution in [0.4, 0.5) is 0 Å². The normalized spacial score (nSPS) is 12.6. The molecule has 0 aliphatic rings. The topological polar surface area (TPSA) is 72.8 Å². The van der Waals surface area contributed by atoms with Gasteiger partial charge in [-0.2, -0.15) is 0 Å². The molecule has 126 valence electrons. The van der Waals surface area contributed by atoms with Gasteiger partial charge in [0.05, 0.1) is 18.4 Å². The molecule has 1 N–H and O–H groups in total. The Morgan fingerprint density at radius 1 is 1.48 bits per heavy atom. The minimum atomic E-state index is 0.0989. The molecule has 2 rings (SSSR count). The summed E-state index contributed by atoms with van der Waals surface area (Å²) < 4.78 is 7.38. The SMILES string of the molecule is CCc1nc(SCC(=O)c2cc(C)n(C(C)COC)c2C)n[nH]1. The molecular formula is C16H24N4O2S. The zero-order valence-corrected chi connectivity index (χ0v) is 15.2. The van der Waals surface area contributed by atoms with Crippen LogP contribution in [0, 0.1) is 13.8 Å². The molecule has 7 heteroatoms. The molecule has 0 saturated heterocycles. The zero-order chi connectivity index (χ0) is 17.0. The Hall–Kier alpha value is -1.60. The molecule has 0 aromatic carbocycles. The number of ketones is 1. The van der Waals surface area contributed by atoms with Crippen LogP contribution in [0.5, 0.6) is 0 Å². The molecule has 0 aliphatic carbocycles. The number of carbonyl (C=O) groups excluding carboxylic acids is 1. The lowest BCUT2D eigenvalue weighted by molar-refractivity contribution is 0.102. The highest BCUT2D eigenvalue weighted by Gasteiger charge is 2.19. The fourth-order valence-corrected chi connectivity index (χ4v) is 3.46. The van der Waals surface area contributed by atoms with E-state index in [1.165, 1.54) is 11.8 Å². The smallest absolute Gasteiger partial charge is 0.208 e. The van der Waals surface area contributed by atoms with Crippen molar-refractivity contribution in [3.05, 3.63) is 28.8 Å². The van der Waals surface area contributed by atoms with Gasteiger partial charge in [-0.15, -0.1) is 5.10 Å². The van der Waals surface area contributed by atoms with E-state index in [0.29, 0.717) is 17.5 Å². The molecule has 0 amide bonds. The number of aromatic amines is 1. The lowest BCUT2D eigenvalue weighted by Gasteiger charge is -2.17. The molecule has 0 aliphatic heterocycles. The van der Waals surface area contributed by atoms with Gasteiger partial charge in [0, 0.05) is 30.5 Å². The number of aryl methyl sites for hydroxylation is 2. The van der Waals surface area contributed by atoms with Crippen molar-refractivity contribution in [1.29, 1.82) is 0 Å². The summed E-state index contributed by atoms with van der Waals surface area (Å²) in [6.07, 6.45) is 0.806. The van der Waals surface area contributed by atoms with Crippen LogP contribution in [0.25, 0.3) is 0 Å². The Bertz CT molecular complexity index is 678. The highest BCUT2D eigenvalue weighted by molar-refractivity contribution is 7.99. The number of hydrogen-bond donors (Lipinski definition) is 1. The van der Waals surface area contributed by atoms with Crippen LogP contribution in [0.15, 0.2) is 11.2 Å². The van der Waals surface area contributed by atoms with Crippen molar-refractivity contribution >= 4 is 17.5 Å². The van der Waals surface area contributed by atoms with Gasteiger partial charge in [-0.3, -0.25) is 9.89 Å². The van der Waals surface area contributed by atoms with E-state index in [-0.39, 0.29) is 11.8 Å². The van der Waals surface area contributed by atoms with Crippen molar-refractivity contribution in [2.75, 3.05) is 19.5 Å². The zero-order valence-electron chi connectivity index (χ0n) is 14.3. The quantitative estimate of drug-likeness (QED) is 0.593. The van der Waals surface area contributed by atoms with Gasteiger partial charge in [0.1, 0.15) is 5.82 Å². The predicted octanol–water partition coefficient (Wildman–Crippen LogP) is 2.97. The standard InChI is InChI=1S/C16H24N4O2S/c1-6-15-17-16(19-18-15)23-9-14(21)13-7-10(2)20(12(13)4)11(3)8-22-5/h7,11H,6,8-9H2,1-5H3,(H,17,18,19). The Labute approximate surface area is 141 Å². The lowest BCUT2D eigenvalue weighted by Crippen LogP contribution is -2.14. The van der Waals surface area contributed by atoms with Crippen molar-refractivity contribution in [3.8, 4) is 0 Å². The molecule has 23 heavy (non-hydrogen) atoms. The first kappa shape index (κ1) is 17.7. The summed E-state index contributed by atoms with van der Waals surface area (Å²) in [5.74, 6) is 1.28. The molecule has 1 atom stereocenters. The van der Waals surface area contributed by atoms with Gasteiger partial charge in [0.2, 0.25) is 5.16 Å². The van der Waals surface area contributed by atoms with Crippen molar-refractivity contribution < 1.29 is 9.53 Å². The number of aromatic nitrogens is 4. The van der Waals surface area contributed by atoms with E-state index in [0.717, 1.165) is 29.2 Å². The fraction of sp³-hybridized carbons (Fsp3) is 0.562. The van der Waals surface area contributed by atoms with Crippen LogP contribution in [-0.4, -0.2) is 45.0 Å². The Morgan fingerprint density at radius 3 is 2.83 bits per heavy atom. The van der Waals surface area contributed by atoms with E-state index in [1.54, 1.807) is 7.11 Å². The minimum Gasteiger partial charge on any atom is -0.383 e. The number of nitrogens with one attached hydrogen (secondary N) is 1. The second-order valence-corrected chi connectivity index (χ2v) is 6.53. The second-order valence-electron chi connectivity index (χ2n) is 5.59. The lowest BCUT2D eigenvalue weighted by atomic mass is 10.2. The van der Waals surface area contributed by atoms with Crippen molar-refractivity contribution in [1.82, 2.24) is 19.7 Å². The molecular weight excluding hydrogens is 312 g/mol. The van der Waals surface area contributed by atoms with E-state index in [4.69, 9.17) is 4.74 Å². The molecule has 2 aromatic rings. The number of ether oxygens (including phenoxy) is 1. The molecule has 0 saturated carbocycles. The first-order valence-corrected chi connectivity index (χ1v) is 8.71. The summed E-state index contributed by atoms with van der Waals surface area (Å²) in [4.78, 5) is 16.8. The van der Waals surface area contributed by atoms with Gasteiger partial charge in [-0.25, -0.2) is 4.98 Å². The number of hydrogen-bond acceptors (Lipinski definition) is 5. The van der Waals surface area contributed by atoms with Crippen LogP contribution >= 0.6 is 11.8 Å². The molecule has 0 bridgehead atoms. The molecule has 0 radical (unpaired) electrons. The maximum atomic E-state index is 12.5. The highest BCUT2D eigenvalue weighted by atomic mass is 32.2. The van der Waals surface area contributed by atoms with Gasteiger partial charge in [-0.05, 0) is 26.8 Å². The predicted molar refractivity (Wildman–Crippen MR) is 91.3 cm³/mol. The summed E-state index contributed by atoms with van der Waals surface area (Å²) in [5, 5.41) is 7.59. The second kappa shape index (κ2) is 7.79. The van der Waals surface area contributed by atoms with E-state index in [1.807, 2.05) is 26.8 Å². The molecule has 6 nitrogen and oxygen atoms in total. The maximum Gasteiger partial charge on any atom is 0.208 e. The number of H-pyrrole nitrogens is 1. The number of rotatable bonds is 8. The van der Waals surface area contributed by atoms with Crippen LogP contribution in [0.2, 0.25) is 0 Å². The Morgan fingerprint density at radius 2 is 2.22 bits per heavy atom. The third kappa shape index (κ3) is 4.03. The summed E-state index contributed by atoms with van der Waals surface area (Å²) in [7, 11) is 1.69. The average Bonchev–Trinajstić information content (AvgIpc) is 3.09. The summed E-state index contributed by atoms with van der Waals surface area (Å²) in [6, 6.07) is 2.16. The Kier molecular flexibility index (Phi) is 6.01. The number of methoxy groups -OCH3 is 1. The molecule has 0 fully saturated rings. The molecule has 0 spiro atoms. The van der Waals surface area contributed by atoms with Crippen LogP contribution in [-0.2, 0) is 11.2 Å². The van der Waals surface area contributed by atoms with Crippen LogP contribution < -0.4 is 0 Å². The van der Waals surface area contributed by atoms with Gasteiger partial charge >= 0.3 is 0 Å². The summed E-state index contributed by atoms with van der Waals surface area (Å²) >= 11 is 1.37.